The van der Waals surface area contributed by atoms with Gasteiger partial charge in [0.2, 0.25) is 0 Å². The van der Waals surface area contributed by atoms with Crippen LogP contribution in [0.3, 0.4) is 0 Å². The van der Waals surface area contributed by atoms with Crippen molar-refractivity contribution in [2.24, 2.45) is 0 Å². The summed E-state index contributed by atoms with van der Waals surface area (Å²) in [5.41, 5.74) is 2.41. The number of ketones is 1. The number of aliphatic hydroxyl groups is 1. The van der Waals surface area contributed by atoms with Crippen LogP contribution in [-0.4, -0.2) is 16.0 Å². The Bertz CT molecular complexity index is 732. The Morgan fingerprint density at radius 1 is 1.25 bits per heavy atom. The van der Waals surface area contributed by atoms with E-state index in [1.807, 2.05) is 24.3 Å². The van der Waals surface area contributed by atoms with E-state index in [4.69, 9.17) is 4.52 Å². The molecule has 0 saturated heterocycles. The van der Waals surface area contributed by atoms with Crippen LogP contribution in [0.15, 0.2) is 33.3 Å². The predicted molar refractivity (Wildman–Crippen MR) is 94.8 cm³/mol. The second-order valence-corrected chi connectivity index (χ2v) is 7.83. The zero-order chi connectivity index (χ0) is 17.2. The lowest BCUT2D eigenvalue weighted by atomic mass is 9.86. The molecule has 1 N–H and O–H groups in total. The molecule has 128 valence electrons. The van der Waals surface area contributed by atoms with Gasteiger partial charge in [-0.15, -0.1) is 0 Å². The maximum Gasteiger partial charge on any atom is 0.143 e. The van der Waals surface area contributed by atoms with Gasteiger partial charge < -0.3 is 9.63 Å². The Hall–Kier alpha value is -1.46. The highest BCUT2D eigenvalue weighted by Crippen LogP contribution is 2.40. The molecular formula is C19H22BrNO3. The molecule has 3 rings (SSSR count). The average molecular weight is 392 g/mol. The molecule has 4 nitrogen and oxygen atoms in total. The topological polar surface area (TPSA) is 63.3 Å². The molecule has 1 saturated carbocycles. The van der Waals surface area contributed by atoms with Crippen molar-refractivity contribution in [2.75, 3.05) is 0 Å². The van der Waals surface area contributed by atoms with Gasteiger partial charge in [-0.05, 0) is 36.1 Å². The fourth-order valence-corrected chi connectivity index (χ4v) is 3.88. The largest absolute Gasteiger partial charge is 0.392 e. The van der Waals surface area contributed by atoms with E-state index in [1.54, 1.807) is 0 Å². The van der Waals surface area contributed by atoms with Crippen molar-refractivity contribution in [3.8, 4) is 0 Å². The van der Waals surface area contributed by atoms with Gasteiger partial charge in [0.1, 0.15) is 11.5 Å². The number of nitrogens with zero attached hydrogens (tertiary/aromatic N) is 1. The molecule has 0 amide bonds. The number of aromatic nitrogens is 1. The SMILES string of the molecule is CC1(c2cc(CC(=O)Cc3ccc(Br)cc3CO)no2)CCCC1. The minimum absolute atomic E-state index is 0.0726. The first kappa shape index (κ1) is 17.4. The first-order valence-corrected chi connectivity index (χ1v) is 9.15. The van der Waals surface area contributed by atoms with Crippen LogP contribution in [0.2, 0.25) is 0 Å². The number of Topliss-reactive ketones (excluding diaryl/α,β-unsaturated/α-hetero) is 1. The fourth-order valence-electron chi connectivity index (χ4n) is 3.47. The lowest BCUT2D eigenvalue weighted by molar-refractivity contribution is -0.117. The molecule has 0 atom stereocenters. The van der Waals surface area contributed by atoms with Crippen molar-refractivity contribution < 1.29 is 14.4 Å². The number of rotatable bonds is 6. The van der Waals surface area contributed by atoms with Crippen LogP contribution in [-0.2, 0) is 29.7 Å². The monoisotopic (exact) mass is 391 g/mol. The van der Waals surface area contributed by atoms with Crippen molar-refractivity contribution in [1.82, 2.24) is 5.16 Å². The minimum atomic E-state index is -0.0749. The number of carbonyl (C=O) groups excluding carboxylic acids is 1. The Labute approximate surface area is 150 Å². The number of aliphatic hydroxyl groups excluding tert-OH is 1. The predicted octanol–water partition coefficient (Wildman–Crippen LogP) is 4.12. The van der Waals surface area contributed by atoms with E-state index in [0.29, 0.717) is 12.1 Å². The summed E-state index contributed by atoms with van der Waals surface area (Å²) in [5, 5.41) is 13.5. The van der Waals surface area contributed by atoms with Crippen LogP contribution >= 0.6 is 15.9 Å². The molecule has 5 heteroatoms. The van der Waals surface area contributed by atoms with Crippen LogP contribution in [0.5, 0.6) is 0 Å². The average Bonchev–Trinajstić information content (AvgIpc) is 3.19. The highest BCUT2D eigenvalue weighted by atomic mass is 79.9. The summed E-state index contributed by atoms with van der Waals surface area (Å²) in [6, 6.07) is 7.55. The highest BCUT2D eigenvalue weighted by molar-refractivity contribution is 9.10. The van der Waals surface area contributed by atoms with Gasteiger partial charge in [-0.3, -0.25) is 4.79 Å². The van der Waals surface area contributed by atoms with Gasteiger partial charge in [0.25, 0.3) is 0 Å². The van der Waals surface area contributed by atoms with Gasteiger partial charge >= 0.3 is 0 Å². The van der Waals surface area contributed by atoms with Crippen LogP contribution in [0, 0.1) is 0 Å². The molecule has 0 radical (unpaired) electrons. The van der Waals surface area contributed by atoms with E-state index in [0.717, 1.165) is 34.2 Å². The maximum absolute atomic E-state index is 12.4. The van der Waals surface area contributed by atoms with E-state index in [2.05, 4.69) is 28.0 Å². The van der Waals surface area contributed by atoms with E-state index >= 15 is 0 Å². The third kappa shape index (κ3) is 3.78. The Morgan fingerprint density at radius 2 is 2.00 bits per heavy atom. The summed E-state index contributed by atoms with van der Waals surface area (Å²) >= 11 is 3.38. The molecule has 1 aliphatic carbocycles. The van der Waals surface area contributed by atoms with Gasteiger partial charge in [0.15, 0.2) is 0 Å². The van der Waals surface area contributed by atoms with Crippen molar-refractivity contribution in [2.45, 2.75) is 57.5 Å². The number of benzene rings is 1. The first-order valence-electron chi connectivity index (χ1n) is 8.36. The molecule has 0 spiro atoms. The standard InChI is InChI=1S/C19H22BrNO3/c1-19(6-2-3-7-19)18-11-16(21-24-18)10-17(23)9-13-4-5-15(20)8-14(13)12-22/h4-5,8,11,22H,2-3,6-7,9-10,12H2,1H3. The summed E-state index contributed by atoms with van der Waals surface area (Å²) < 4.78 is 6.41. The van der Waals surface area contributed by atoms with Crippen LogP contribution in [0.25, 0.3) is 0 Å². The molecule has 0 aliphatic heterocycles. The van der Waals surface area contributed by atoms with E-state index in [1.165, 1.54) is 12.8 Å². The number of carbonyl (C=O) groups is 1. The second kappa shape index (κ2) is 7.19. The van der Waals surface area contributed by atoms with Gasteiger partial charge in [0.05, 0.1) is 18.7 Å². The molecule has 1 aliphatic rings. The fraction of sp³-hybridized carbons (Fsp3) is 0.474. The van der Waals surface area contributed by atoms with Crippen molar-refractivity contribution in [1.29, 1.82) is 0 Å². The van der Waals surface area contributed by atoms with Gasteiger partial charge in [-0.25, -0.2) is 0 Å². The Morgan fingerprint density at radius 3 is 2.71 bits per heavy atom. The smallest absolute Gasteiger partial charge is 0.143 e. The van der Waals surface area contributed by atoms with Crippen LogP contribution in [0.4, 0.5) is 0 Å². The number of halogens is 1. The quantitative estimate of drug-likeness (QED) is 0.804. The summed E-state index contributed by atoms with van der Waals surface area (Å²) in [5.74, 6) is 0.978. The summed E-state index contributed by atoms with van der Waals surface area (Å²) in [6.45, 7) is 2.13. The third-order valence-corrected chi connectivity index (χ3v) is 5.46. The normalized spacial score (nSPS) is 16.5. The molecule has 0 bridgehead atoms. The van der Waals surface area contributed by atoms with Gasteiger partial charge in [-0.1, -0.05) is 46.9 Å². The van der Waals surface area contributed by atoms with Crippen LogP contribution in [0.1, 0.15) is 55.2 Å². The van der Waals surface area contributed by atoms with Crippen molar-refractivity contribution in [3.05, 3.63) is 51.3 Å². The van der Waals surface area contributed by atoms with Crippen molar-refractivity contribution in [3.63, 3.8) is 0 Å². The van der Waals surface area contributed by atoms with Crippen LogP contribution < -0.4 is 0 Å². The molecule has 24 heavy (non-hydrogen) atoms. The molecule has 1 aromatic heterocycles. The highest BCUT2D eigenvalue weighted by Gasteiger charge is 2.34. The maximum atomic E-state index is 12.4. The molecule has 1 heterocycles. The number of hydrogen-bond acceptors (Lipinski definition) is 4. The van der Waals surface area contributed by atoms with Gasteiger partial charge in [0, 0.05) is 22.4 Å². The zero-order valence-electron chi connectivity index (χ0n) is 13.8. The Kier molecular flexibility index (Phi) is 5.21. The first-order chi connectivity index (χ1) is 11.5. The Balaban J connectivity index is 1.66. The molecule has 1 aromatic carbocycles. The number of hydrogen-bond donors (Lipinski definition) is 1. The van der Waals surface area contributed by atoms with Crippen molar-refractivity contribution >= 4 is 21.7 Å². The van der Waals surface area contributed by atoms with E-state index in [9.17, 15) is 9.90 Å². The van der Waals surface area contributed by atoms with E-state index < -0.39 is 0 Å². The minimum Gasteiger partial charge on any atom is -0.392 e. The molecular weight excluding hydrogens is 370 g/mol. The lowest BCUT2D eigenvalue weighted by Crippen LogP contribution is -2.15. The molecule has 2 aromatic rings. The summed E-state index contributed by atoms with van der Waals surface area (Å²) in [6.07, 6.45) is 5.24. The summed E-state index contributed by atoms with van der Waals surface area (Å²) in [4.78, 5) is 12.4. The molecule has 0 unspecified atom stereocenters. The third-order valence-electron chi connectivity index (χ3n) is 4.97. The second-order valence-electron chi connectivity index (χ2n) is 6.91. The zero-order valence-corrected chi connectivity index (χ0v) is 15.4. The lowest BCUT2D eigenvalue weighted by Gasteiger charge is -2.18. The molecule has 1 fully saturated rings. The van der Waals surface area contributed by atoms with E-state index in [-0.39, 0.29) is 24.2 Å². The summed E-state index contributed by atoms with van der Waals surface area (Å²) in [7, 11) is 0. The van der Waals surface area contributed by atoms with Gasteiger partial charge in [-0.2, -0.15) is 0 Å².